The lowest BCUT2D eigenvalue weighted by Gasteiger charge is -2.28. The first-order valence-electron chi connectivity index (χ1n) is 6.21. The Morgan fingerprint density at radius 1 is 1.24 bits per heavy atom. The van der Waals surface area contributed by atoms with E-state index >= 15 is 0 Å². The van der Waals surface area contributed by atoms with E-state index in [4.69, 9.17) is 10.2 Å². The van der Waals surface area contributed by atoms with Crippen molar-refractivity contribution in [3.63, 3.8) is 0 Å². The number of anilines is 1. The van der Waals surface area contributed by atoms with Gasteiger partial charge in [0.2, 0.25) is 0 Å². The molecule has 0 bridgehead atoms. The number of hydrogen-bond donors (Lipinski definition) is 3. The zero-order chi connectivity index (χ0) is 15.7. The fourth-order valence-electron chi connectivity index (χ4n) is 1.63. The van der Waals surface area contributed by atoms with Crippen molar-refractivity contribution in [3.8, 4) is 0 Å². The SMILES string of the molecule is Fc1cccnc1N1CCNCC1.O=C(O)C=CC(=O)O. The number of halogens is 1. The monoisotopic (exact) mass is 297 g/mol. The Labute approximate surface area is 120 Å². The molecule has 1 aromatic heterocycles. The van der Waals surface area contributed by atoms with Crippen LogP contribution in [0.5, 0.6) is 0 Å². The molecule has 1 fully saturated rings. The van der Waals surface area contributed by atoms with Crippen LogP contribution in [0.15, 0.2) is 30.5 Å². The molecule has 0 unspecified atom stereocenters. The zero-order valence-electron chi connectivity index (χ0n) is 11.2. The van der Waals surface area contributed by atoms with E-state index in [2.05, 4.69) is 10.3 Å². The summed E-state index contributed by atoms with van der Waals surface area (Å²) in [5.74, 6) is -2.27. The summed E-state index contributed by atoms with van der Waals surface area (Å²) in [5, 5.41) is 18.8. The summed E-state index contributed by atoms with van der Waals surface area (Å²) in [4.78, 5) is 25.1. The van der Waals surface area contributed by atoms with E-state index in [0.29, 0.717) is 18.0 Å². The van der Waals surface area contributed by atoms with Crippen LogP contribution in [-0.4, -0.2) is 53.3 Å². The van der Waals surface area contributed by atoms with Gasteiger partial charge in [-0.25, -0.2) is 19.0 Å². The van der Waals surface area contributed by atoms with E-state index in [1.807, 2.05) is 4.90 Å². The summed E-state index contributed by atoms with van der Waals surface area (Å²) in [6, 6.07) is 3.06. The minimum atomic E-state index is -1.26. The lowest BCUT2D eigenvalue weighted by atomic mass is 10.3. The van der Waals surface area contributed by atoms with Crippen LogP contribution in [0.3, 0.4) is 0 Å². The van der Waals surface area contributed by atoms with Crippen molar-refractivity contribution in [2.24, 2.45) is 0 Å². The van der Waals surface area contributed by atoms with Crippen molar-refractivity contribution in [2.75, 3.05) is 31.1 Å². The Morgan fingerprint density at radius 3 is 2.29 bits per heavy atom. The second kappa shape index (κ2) is 8.64. The molecule has 0 radical (unpaired) electrons. The third kappa shape index (κ3) is 6.48. The van der Waals surface area contributed by atoms with Gasteiger partial charge in [0, 0.05) is 44.5 Å². The van der Waals surface area contributed by atoms with Crippen molar-refractivity contribution < 1.29 is 24.2 Å². The number of hydrogen-bond acceptors (Lipinski definition) is 5. The van der Waals surface area contributed by atoms with Crippen LogP contribution in [0.4, 0.5) is 10.2 Å². The largest absolute Gasteiger partial charge is 0.478 e. The average Bonchev–Trinajstić information content (AvgIpc) is 2.47. The molecule has 21 heavy (non-hydrogen) atoms. The first-order chi connectivity index (χ1) is 10.0. The molecule has 1 aliphatic heterocycles. The van der Waals surface area contributed by atoms with Crippen LogP contribution in [0.1, 0.15) is 0 Å². The summed E-state index contributed by atoms with van der Waals surface area (Å²) in [7, 11) is 0. The third-order valence-corrected chi connectivity index (χ3v) is 2.52. The molecule has 0 aliphatic carbocycles. The molecule has 0 aromatic carbocycles. The molecule has 2 rings (SSSR count). The van der Waals surface area contributed by atoms with Crippen LogP contribution in [0, 0.1) is 5.82 Å². The maximum atomic E-state index is 13.2. The normalized spacial score (nSPS) is 14.4. The van der Waals surface area contributed by atoms with Gasteiger partial charge in [0.1, 0.15) is 0 Å². The number of carboxylic acid groups (broad SMARTS) is 2. The van der Waals surface area contributed by atoms with Gasteiger partial charge >= 0.3 is 11.9 Å². The van der Waals surface area contributed by atoms with E-state index < -0.39 is 11.9 Å². The molecule has 3 N–H and O–H groups in total. The molecule has 114 valence electrons. The maximum Gasteiger partial charge on any atom is 0.328 e. The average molecular weight is 297 g/mol. The Hall–Kier alpha value is -2.48. The highest BCUT2D eigenvalue weighted by Gasteiger charge is 2.14. The van der Waals surface area contributed by atoms with Gasteiger partial charge in [0.25, 0.3) is 0 Å². The Morgan fingerprint density at radius 2 is 1.81 bits per heavy atom. The van der Waals surface area contributed by atoms with Crippen LogP contribution in [-0.2, 0) is 9.59 Å². The standard InChI is InChI=1S/C9H12FN3.C4H4O4/c10-8-2-1-3-12-9(8)13-6-4-11-5-7-13;5-3(6)1-2-4(7)8/h1-3,11H,4-7H2;1-2H,(H,5,6)(H,7,8). The highest BCUT2D eigenvalue weighted by molar-refractivity contribution is 5.89. The number of piperazine rings is 1. The molecule has 1 aliphatic rings. The molecule has 0 amide bonds. The fourth-order valence-corrected chi connectivity index (χ4v) is 1.63. The Bertz CT molecular complexity index is 500. The number of aromatic nitrogens is 1. The molecule has 1 aromatic rings. The third-order valence-electron chi connectivity index (χ3n) is 2.52. The van der Waals surface area contributed by atoms with Crippen molar-refractivity contribution >= 4 is 17.8 Å². The van der Waals surface area contributed by atoms with Crippen molar-refractivity contribution in [3.05, 3.63) is 36.3 Å². The van der Waals surface area contributed by atoms with E-state index in [-0.39, 0.29) is 5.82 Å². The molecule has 7 nitrogen and oxygen atoms in total. The predicted molar refractivity (Wildman–Crippen MR) is 73.7 cm³/mol. The van der Waals surface area contributed by atoms with Gasteiger partial charge in [-0.3, -0.25) is 0 Å². The number of rotatable bonds is 3. The van der Waals surface area contributed by atoms with E-state index in [1.165, 1.54) is 6.07 Å². The molecular formula is C13H16FN3O4. The highest BCUT2D eigenvalue weighted by atomic mass is 19.1. The first-order valence-corrected chi connectivity index (χ1v) is 6.21. The van der Waals surface area contributed by atoms with E-state index in [9.17, 15) is 14.0 Å². The van der Waals surface area contributed by atoms with Crippen molar-refractivity contribution in [2.45, 2.75) is 0 Å². The zero-order valence-corrected chi connectivity index (χ0v) is 11.2. The highest BCUT2D eigenvalue weighted by Crippen LogP contribution is 2.14. The summed E-state index contributed by atoms with van der Waals surface area (Å²) >= 11 is 0. The minimum absolute atomic E-state index is 0.232. The number of pyridine rings is 1. The molecule has 0 atom stereocenters. The van der Waals surface area contributed by atoms with Gasteiger partial charge in [-0.05, 0) is 12.1 Å². The lowest BCUT2D eigenvalue weighted by molar-refractivity contribution is -0.134. The smallest absolute Gasteiger partial charge is 0.328 e. The van der Waals surface area contributed by atoms with E-state index in [1.54, 1.807) is 12.3 Å². The van der Waals surface area contributed by atoms with Gasteiger partial charge in [-0.1, -0.05) is 0 Å². The number of nitrogens with zero attached hydrogens (tertiary/aromatic N) is 2. The second-order valence-corrected chi connectivity index (χ2v) is 4.06. The van der Waals surface area contributed by atoms with Gasteiger partial charge in [-0.2, -0.15) is 0 Å². The van der Waals surface area contributed by atoms with Crippen LogP contribution >= 0.6 is 0 Å². The topological polar surface area (TPSA) is 103 Å². The number of nitrogens with one attached hydrogen (secondary N) is 1. The number of carboxylic acids is 2. The summed E-state index contributed by atoms with van der Waals surface area (Å²) in [6.45, 7) is 3.45. The predicted octanol–water partition coefficient (Wildman–Crippen LogP) is 0.342. The molecular weight excluding hydrogens is 281 g/mol. The lowest BCUT2D eigenvalue weighted by Crippen LogP contribution is -2.44. The van der Waals surface area contributed by atoms with Crippen LogP contribution in [0.2, 0.25) is 0 Å². The number of aliphatic carboxylic acids is 2. The van der Waals surface area contributed by atoms with E-state index in [0.717, 1.165) is 26.2 Å². The van der Waals surface area contributed by atoms with Gasteiger partial charge in [0.15, 0.2) is 11.6 Å². The van der Waals surface area contributed by atoms with Crippen molar-refractivity contribution in [1.82, 2.24) is 10.3 Å². The number of carbonyl (C=O) groups is 2. The van der Waals surface area contributed by atoms with Gasteiger partial charge < -0.3 is 20.4 Å². The summed E-state index contributed by atoms with van der Waals surface area (Å²) in [5.41, 5.74) is 0. The fraction of sp³-hybridized carbons (Fsp3) is 0.308. The molecule has 1 saturated heterocycles. The first kappa shape index (κ1) is 16.6. The molecule has 0 spiro atoms. The molecule has 2 heterocycles. The van der Waals surface area contributed by atoms with Gasteiger partial charge in [0.05, 0.1) is 0 Å². The summed E-state index contributed by atoms with van der Waals surface area (Å²) in [6.07, 6.45) is 2.74. The van der Waals surface area contributed by atoms with Crippen molar-refractivity contribution in [1.29, 1.82) is 0 Å². The minimum Gasteiger partial charge on any atom is -0.478 e. The molecule has 8 heteroatoms. The quantitative estimate of drug-likeness (QED) is 0.691. The van der Waals surface area contributed by atoms with Gasteiger partial charge in [-0.15, -0.1) is 0 Å². The Balaban J connectivity index is 0.000000240. The van der Waals surface area contributed by atoms with Crippen LogP contribution < -0.4 is 10.2 Å². The second-order valence-electron chi connectivity index (χ2n) is 4.06. The van der Waals surface area contributed by atoms with Crippen LogP contribution in [0.25, 0.3) is 0 Å². The maximum absolute atomic E-state index is 13.2. The summed E-state index contributed by atoms with van der Waals surface area (Å²) < 4.78 is 13.2. The molecule has 0 saturated carbocycles. The Kier molecular flexibility index (Phi) is 6.82.